The second kappa shape index (κ2) is 16.5. The molecule has 10 aromatic rings. The topological polar surface area (TPSA) is 303 Å². The third-order valence-corrected chi connectivity index (χ3v) is 10.2. The van der Waals surface area contributed by atoms with Crippen molar-refractivity contribution in [1.82, 2.24) is 19.9 Å². The molecule has 0 atom stereocenters. The number of oxime groups is 2. The van der Waals surface area contributed by atoms with Crippen LogP contribution in [0.1, 0.15) is 22.3 Å². The average Bonchev–Trinajstić information content (AvgIpc) is 4.18. The van der Waals surface area contributed by atoms with Crippen LogP contribution >= 0.6 is 0 Å². The lowest BCUT2D eigenvalue weighted by Gasteiger charge is -2.00. The number of H-pyrrole nitrogens is 2. The van der Waals surface area contributed by atoms with Gasteiger partial charge >= 0.3 is 0 Å². The highest BCUT2D eigenvalue weighted by Crippen LogP contribution is 2.34. The first kappa shape index (κ1) is 39.9. The third kappa shape index (κ3) is 7.93. The van der Waals surface area contributed by atoms with Gasteiger partial charge < -0.3 is 61.0 Å². The van der Waals surface area contributed by atoms with Gasteiger partial charge in [0.1, 0.15) is 17.4 Å². The zero-order chi connectivity index (χ0) is 44.5. The average molecular weight is 852 g/mol. The molecule has 0 aliphatic carbocycles. The van der Waals surface area contributed by atoms with Gasteiger partial charge in [0.15, 0.2) is 57.9 Å². The Balaban J connectivity index is 0.000000162. The van der Waals surface area contributed by atoms with Crippen LogP contribution in [0.15, 0.2) is 168 Å². The lowest BCUT2D eigenvalue weighted by molar-refractivity contribution is 0.318. The van der Waals surface area contributed by atoms with Crippen LogP contribution in [0, 0.1) is 5.41 Å². The number of imidazole rings is 2. The van der Waals surface area contributed by atoms with Gasteiger partial charge in [-0.2, -0.15) is 0 Å². The maximum Gasteiger partial charge on any atom is 0.174 e. The van der Waals surface area contributed by atoms with Crippen molar-refractivity contribution >= 4 is 45.3 Å². The number of fused-ring (bicyclic) bond motifs is 2. The van der Waals surface area contributed by atoms with Gasteiger partial charge in [0.05, 0.1) is 22.1 Å². The molecule has 316 valence electrons. The second-order valence-corrected chi connectivity index (χ2v) is 14.4. The first-order valence-corrected chi connectivity index (χ1v) is 19.4. The number of aromatic nitrogens is 4. The van der Waals surface area contributed by atoms with Crippen molar-refractivity contribution in [2.75, 3.05) is 0 Å². The molecule has 0 fully saturated rings. The molecule has 6 heterocycles. The van der Waals surface area contributed by atoms with Crippen molar-refractivity contribution in [3.05, 3.63) is 162 Å². The van der Waals surface area contributed by atoms with Crippen molar-refractivity contribution in [3.8, 4) is 68.9 Å². The quantitative estimate of drug-likeness (QED) is 0.0270. The fourth-order valence-corrected chi connectivity index (χ4v) is 6.79. The maximum atomic E-state index is 8.87. The van der Waals surface area contributed by atoms with Crippen molar-refractivity contribution in [2.24, 2.45) is 33.2 Å². The Bertz CT molecular complexity index is 3400. The molecule has 0 aliphatic rings. The van der Waals surface area contributed by atoms with Crippen LogP contribution < -0.4 is 22.9 Å². The molecule has 13 N–H and O–H groups in total. The minimum absolute atomic E-state index is 0.0154. The van der Waals surface area contributed by atoms with E-state index in [4.69, 9.17) is 56.4 Å². The number of aromatic amines is 2. The Morgan fingerprint density at radius 1 is 0.469 bits per heavy atom. The predicted octanol–water partition coefficient (Wildman–Crippen LogP) is 8.90. The van der Waals surface area contributed by atoms with Gasteiger partial charge in [-0.05, 0) is 84.4 Å². The van der Waals surface area contributed by atoms with E-state index < -0.39 is 0 Å². The van der Waals surface area contributed by atoms with Crippen LogP contribution in [0.3, 0.4) is 0 Å². The van der Waals surface area contributed by atoms with Crippen LogP contribution in [0.2, 0.25) is 0 Å². The molecule has 17 nitrogen and oxygen atoms in total. The van der Waals surface area contributed by atoms with Gasteiger partial charge in [-0.25, -0.2) is 9.97 Å². The molecule has 17 heteroatoms. The highest BCUT2D eigenvalue weighted by Gasteiger charge is 2.17. The summed E-state index contributed by atoms with van der Waals surface area (Å²) in [5, 5.41) is 31.1. The van der Waals surface area contributed by atoms with E-state index in [1.165, 1.54) is 0 Å². The van der Waals surface area contributed by atoms with Crippen molar-refractivity contribution in [1.29, 1.82) is 5.41 Å². The number of nitrogens with zero attached hydrogens (tertiary/aromatic N) is 4. The molecule has 0 bridgehead atoms. The summed E-state index contributed by atoms with van der Waals surface area (Å²) in [4.78, 5) is 15.6. The number of furan rings is 4. The Kier molecular flexibility index (Phi) is 10.3. The molecule has 0 unspecified atom stereocenters. The fourth-order valence-electron chi connectivity index (χ4n) is 6.79. The molecule has 0 spiro atoms. The number of nitrogen functional groups attached to an aromatic ring is 1. The number of hydrogen-bond acceptors (Lipinski definition) is 12. The van der Waals surface area contributed by atoms with Crippen LogP contribution in [-0.4, -0.2) is 47.9 Å². The summed E-state index contributed by atoms with van der Waals surface area (Å²) in [6.45, 7) is 3.77. The van der Waals surface area contributed by atoms with Crippen molar-refractivity contribution in [2.45, 2.75) is 0 Å². The Morgan fingerprint density at radius 2 is 0.828 bits per heavy atom. The molecule has 4 aromatic carbocycles. The van der Waals surface area contributed by atoms with Crippen LogP contribution in [0.25, 0.3) is 96.6 Å². The highest BCUT2D eigenvalue weighted by molar-refractivity contribution is 6.00. The number of hydrogen-bond donors (Lipinski definition) is 9. The maximum absolute atomic E-state index is 8.87. The van der Waals surface area contributed by atoms with E-state index >= 15 is 0 Å². The SMILES string of the molecule is C=C(N)c1ccc2nc(-c3ccc(-c4ccc(-c5ccc(C(=N)N)cc5)o4)o3)[nH]c2c1.N/C(=N\O)c1ccc2nc(-c3ccc(-c4ccc(-c5ccc(/C(N)=N\O)cc5)o4)o3)[nH]c2c1. The molecular formula is C47H37N11O6. The van der Waals surface area contributed by atoms with Gasteiger partial charge in [-0.3, -0.25) is 5.41 Å². The molecule has 10 rings (SSSR count). The number of rotatable bonds is 10. The van der Waals surface area contributed by atoms with E-state index in [-0.39, 0.29) is 17.5 Å². The van der Waals surface area contributed by atoms with Crippen LogP contribution in [0.5, 0.6) is 0 Å². The second-order valence-electron chi connectivity index (χ2n) is 14.4. The zero-order valence-electron chi connectivity index (χ0n) is 33.5. The summed E-state index contributed by atoms with van der Waals surface area (Å²) in [6, 6.07) is 40.0. The summed E-state index contributed by atoms with van der Waals surface area (Å²) in [6.07, 6.45) is 0. The fraction of sp³-hybridized carbons (Fsp3) is 0. The Hall–Kier alpha value is -9.51. The number of benzene rings is 4. The summed E-state index contributed by atoms with van der Waals surface area (Å²) < 4.78 is 23.9. The minimum atomic E-state index is 0.0154. The van der Waals surface area contributed by atoms with Gasteiger partial charge in [0.25, 0.3) is 0 Å². The molecule has 64 heavy (non-hydrogen) atoms. The molecule has 0 radical (unpaired) electrons. The van der Waals surface area contributed by atoms with E-state index in [9.17, 15) is 0 Å². The van der Waals surface area contributed by atoms with Crippen molar-refractivity contribution < 1.29 is 28.1 Å². The molecule has 0 saturated carbocycles. The van der Waals surface area contributed by atoms with E-state index in [0.29, 0.717) is 85.6 Å². The molecular weight excluding hydrogens is 815 g/mol. The first-order chi connectivity index (χ1) is 31.0. The van der Waals surface area contributed by atoms with Crippen LogP contribution in [0.4, 0.5) is 0 Å². The smallest absolute Gasteiger partial charge is 0.174 e. The molecule has 0 saturated heterocycles. The van der Waals surface area contributed by atoms with Gasteiger partial charge in [-0.15, -0.1) is 0 Å². The Morgan fingerprint density at radius 3 is 1.27 bits per heavy atom. The summed E-state index contributed by atoms with van der Waals surface area (Å²) in [7, 11) is 0. The summed E-state index contributed by atoms with van der Waals surface area (Å²) in [5.41, 5.74) is 30.6. The normalized spacial score (nSPS) is 11.8. The lowest BCUT2D eigenvalue weighted by atomic mass is 10.1. The van der Waals surface area contributed by atoms with Crippen molar-refractivity contribution in [3.63, 3.8) is 0 Å². The largest absolute Gasteiger partial charge is 0.453 e. The number of amidine groups is 3. The number of nitrogens with one attached hydrogen (secondary N) is 3. The van der Waals surface area contributed by atoms with Gasteiger partial charge in [0.2, 0.25) is 0 Å². The molecule has 0 aliphatic heterocycles. The molecule has 6 aromatic heterocycles. The molecule has 0 amide bonds. The number of nitrogens with two attached hydrogens (primary N) is 4. The minimum Gasteiger partial charge on any atom is -0.453 e. The van der Waals surface area contributed by atoms with Gasteiger partial charge in [0, 0.05) is 33.5 Å². The van der Waals surface area contributed by atoms with Crippen LogP contribution in [-0.2, 0) is 0 Å². The summed E-state index contributed by atoms with van der Waals surface area (Å²) in [5.74, 6) is 6.02. The van der Waals surface area contributed by atoms with E-state index in [1.54, 1.807) is 54.6 Å². The predicted molar refractivity (Wildman–Crippen MR) is 243 cm³/mol. The first-order valence-electron chi connectivity index (χ1n) is 19.4. The van der Waals surface area contributed by atoms with E-state index in [0.717, 1.165) is 33.2 Å². The Labute approximate surface area is 362 Å². The van der Waals surface area contributed by atoms with Gasteiger partial charge in [-0.1, -0.05) is 71.5 Å². The monoisotopic (exact) mass is 851 g/mol. The van der Waals surface area contributed by atoms with E-state index in [1.807, 2.05) is 78.9 Å². The third-order valence-electron chi connectivity index (χ3n) is 10.2. The highest BCUT2D eigenvalue weighted by atomic mass is 16.4. The van der Waals surface area contributed by atoms with E-state index in [2.05, 4.69) is 36.8 Å². The standard InChI is InChI=1S/C24H19N5O2.C23H18N6O4/c1-13(25)16-6-7-17-18(12-16)29-24(28-17)22-11-10-21(31-22)20-9-8-19(30-20)14-2-4-15(5-3-14)23(26)27;24-21(28-30)13-3-1-12(2-4-13)17-7-8-18(32-17)19-9-10-20(33-19)23-26-15-6-5-14(22(25)29-31)11-16(15)27-23/h2-12H,1,25H2,(H3,26,27)(H,28,29);1-11,30-31H,(H2,24,28)(H2,25,29)(H,26,27). The summed E-state index contributed by atoms with van der Waals surface area (Å²) >= 11 is 0. The zero-order valence-corrected chi connectivity index (χ0v) is 33.5. The lowest BCUT2D eigenvalue weighted by Crippen LogP contribution is -2.12.